The van der Waals surface area contributed by atoms with Crippen LogP contribution in [0, 0.1) is 0 Å². The van der Waals surface area contributed by atoms with Crippen LogP contribution < -0.4 is 10.1 Å². The van der Waals surface area contributed by atoms with Crippen molar-refractivity contribution in [3.05, 3.63) is 64.7 Å². The Morgan fingerprint density at radius 1 is 1.08 bits per heavy atom. The molecule has 0 spiro atoms. The second kappa shape index (κ2) is 9.23. The molecule has 0 radical (unpaired) electrons. The maximum absolute atomic E-state index is 5.90. The van der Waals surface area contributed by atoms with Crippen molar-refractivity contribution < 1.29 is 4.74 Å². The Bertz CT molecular complexity index is 642. The monoisotopic (exact) mass is 358 g/mol. The normalized spacial score (nSPS) is 17.8. The van der Waals surface area contributed by atoms with Crippen LogP contribution in [0.3, 0.4) is 0 Å². The summed E-state index contributed by atoms with van der Waals surface area (Å²) in [7, 11) is 0. The van der Waals surface area contributed by atoms with Crippen molar-refractivity contribution in [1.82, 2.24) is 10.2 Å². The predicted octanol–water partition coefficient (Wildman–Crippen LogP) is 4.49. The van der Waals surface area contributed by atoms with E-state index in [4.69, 9.17) is 16.3 Å². The second-order valence-electron chi connectivity index (χ2n) is 6.61. The van der Waals surface area contributed by atoms with Gasteiger partial charge in [0.2, 0.25) is 0 Å². The number of hydrogen-bond acceptors (Lipinski definition) is 3. The Kier molecular flexibility index (Phi) is 6.74. The molecule has 0 amide bonds. The first-order valence-corrected chi connectivity index (χ1v) is 9.53. The van der Waals surface area contributed by atoms with Gasteiger partial charge in [0.1, 0.15) is 12.4 Å². The SMILES string of the molecule is CCN1CCCC1CNCc1ccc(OCc2ccc(Cl)cc2)cc1. The molecule has 0 saturated carbocycles. The Morgan fingerprint density at radius 3 is 2.52 bits per heavy atom. The molecule has 1 N–H and O–H groups in total. The fraction of sp³-hybridized carbons (Fsp3) is 0.429. The predicted molar refractivity (Wildman–Crippen MR) is 104 cm³/mol. The minimum atomic E-state index is 0.559. The summed E-state index contributed by atoms with van der Waals surface area (Å²) in [6, 6.07) is 16.8. The Morgan fingerprint density at radius 2 is 1.80 bits per heavy atom. The third-order valence-corrected chi connectivity index (χ3v) is 5.11. The van der Waals surface area contributed by atoms with Crippen molar-refractivity contribution in [2.45, 2.75) is 39.0 Å². The largest absolute Gasteiger partial charge is 0.489 e. The van der Waals surface area contributed by atoms with Gasteiger partial charge in [-0.1, -0.05) is 42.8 Å². The van der Waals surface area contributed by atoms with Crippen LogP contribution in [0.1, 0.15) is 30.9 Å². The summed E-state index contributed by atoms with van der Waals surface area (Å²) in [5.41, 5.74) is 2.41. The molecule has 25 heavy (non-hydrogen) atoms. The van der Waals surface area contributed by atoms with E-state index in [-0.39, 0.29) is 0 Å². The minimum Gasteiger partial charge on any atom is -0.489 e. The van der Waals surface area contributed by atoms with E-state index in [1.807, 2.05) is 36.4 Å². The standard InChI is InChI=1S/C21H27ClN2O/c1-2-24-13-3-4-20(24)15-23-14-17-7-11-21(12-8-17)25-16-18-5-9-19(22)10-6-18/h5-12,20,23H,2-4,13-16H2,1H3. The quantitative estimate of drug-likeness (QED) is 0.752. The van der Waals surface area contributed by atoms with Gasteiger partial charge in [0.15, 0.2) is 0 Å². The van der Waals surface area contributed by atoms with Crippen LogP contribution in [0.4, 0.5) is 0 Å². The summed E-state index contributed by atoms with van der Waals surface area (Å²) in [5, 5.41) is 4.35. The number of benzene rings is 2. The highest BCUT2D eigenvalue weighted by molar-refractivity contribution is 6.30. The number of rotatable bonds is 8. The number of nitrogens with zero attached hydrogens (tertiary/aromatic N) is 1. The van der Waals surface area contributed by atoms with E-state index < -0.39 is 0 Å². The molecule has 1 unspecified atom stereocenters. The maximum Gasteiger partial charge on any atom is 0.119 e. The lowest BCUT2D eigenvalue weighted by atomic mass is 10.2. The van der Waals surface area contributed by atoms with E-state index in [0.717, 1.165) is 36.0 Å². The van der Waals surface area contributed by atoms with E-state index in [1.165, 1.54) is 24.9 Å². The number of halogens is 1. The molecule has 0 aliphatic carbocycles. The molecule has 1 atom stereocenters. The van der Waals surface area contributed by atoms with Gasteiger partial charge in [-0.3, -0.25) is 4.90 Å². The first-order chi connectivity index (χ1) is 12.2. The van der Waals surface area contributed by atoms with Gasteiger partial charge in [0.25, 0.3) is 0 Å². The van der Waals surface area contributed by atoms with Gasteiger partial charge in [-0.15, -0.1) is 0 Å². The zero-order chi connectivity index (χ0) is 17.5. The van der Waals surface area contributed by atoms with Crippen molar-refractivity contribution in [2.24, 2.45) is 0 Å². The topological polar surface area (TPSA) is 24.5 Å². The molecule has 1 aliphatic rings. The Labute approximate surface area is 155 Å². The van der Waals surface area contributed by atoms with Gasteiger partial charge >= 0.3 is 0 Å². The Hall–Kier alpha value is -1.55. The first kappa shape index (κ1) is 18.2. The van der Waals surface area contributed by atoms with E-state index in [9.17, 15) is 0 Å². The molecule has 3 nitrogen and oxygen atoms in total. The molecule has 0 aromatic heterocycles. The molecule has 3 rings (SSSR count). The lowest BCUT2D eigenvalue weighted by molar-refractivity contribution is 0.260. The zero-order valence-electron chi connectivity index (χ0n) is 14.9. The highest BCUT2D eigenvalue weighted by Crippen LogP contribution is 2.17. The van der Waals surface area contributed by atoms with Crippen LogP contribution in [-0.4, -0.2) is 30.6 Å². The van der Waals surface area contributed by atoms with Gasteiger partial charge in [0, 0.05) is 24.2 Å². The van der Waals surface area contributed by atoms with Gasteiger partial charge in [-0.2, -0.15) is 0 Å². The summed E-state index contributed by atoms with van der Waals surface area (Å²) in [6.07, 6.45) is 2.65. The van der Waals surface area contributed by atoms with E-state index in [0.29, 0.717) is 12.6 Å². The molecule has 0 bridgehead atoms. The van der Waals surface area contributed by atoms with Crippen molar-refractivity contribution in [3.8, 4) is 5.75 Å². The van der Waals surface area contributed by atoms with Gasteiger partial charge in [0.05, 0.1) is 0 Å². The fourth-order valence-electron chi connectivity index (χ4n) is 3.38. The average Bonchev–Trinajstić information content (AvgIpc) is 3.10. The van der Waals surface area contributed by atoms with Gasteiger partial charge < -0.3 is 10.1 Å². The summed E-state index contributed by atoms with van der Waals surface area (Å²) < 4.78 is 5.83. The number of likely N-dealkylation sites (N-methyl/N-ethyl adjacent to an activating group) is 1. The van der Waals surface area contributed by atoms with Crippen molar-refractivity contribution in [1.29, 1.82) is 0 Å². The van der Waals surface area contributed by atoms with Crippen molar-refractivity contribution in [3.63, 3.8) is 0 Å². The Balaban J connectivity index is 1.41. The van der Waals surface area contributed by atoms with Crippen molar-refractivity contribution in [2.75, 3.05) is 19.6 Å². The number of hydrogen-bond donors (Lipinski definition) is 1. The molecule has 1 saturated heterocycles. The maximum atomic E-state index is 5.90. The third kappa shape index (κ3) is 5.46. The molecule has 134 valence electrons. The first-order valence-electron chi connectivity index (χ1n) is 9.15. The van der Waals surface area contributed by atoms with Crippen LogP contribution in [0.5, 0.6) is 5.75 Å². The van der Waals surface area contributed by atoms with Crippen LogP contribution >= 0.6 is 11.6 Å². The minimum absolute atomic E-state index is 0.559. The summed E-state index contributed by atoms with van der Waals surface area (Å²) in [5.74, 6) is 0.895. The number of nitrogens with one attached hydrogen (secondary N) is 1. The number of ether oxygens (including phenoxy) is 1. The summed E-state index contributed by atoms with van der Waals surface area (Å²) >= 11 is 5.90. The fourth-order valence-corrected chi connectivity index (χ4v) is 3.50. The van der Waals surface area contributed by atoms with Gasteiger partial charge in [-0.25, -0.2) is 0 Å². The van der Waals surface area contributed by atoms with Crippen molar-refractivity contribution >= 4 is 11.6 Å². The van der Waals surface area contributed by atoms with Crippen LogP contribution in [0.25, 0.3) is 0 Å². The van der Waals surface area contributed by atoms with E-state index in [1.54, 1.807) is 0 Å². The third-order valence-electron chi connectivity index (χ3n) is 4.86. The molecule has 1 aliphatic heterocycles. The lowest BCUT2D eigenvalue weighted by Gasteiger charge is -2.23. The molecular weight excluding hydrogens is 332 g/mol. The highest BCUT2D eigenvalue weighted by atomic mass is 35.5. The lowest BCUT2D eigenvalue weighted by Crippen LogP contribution is -2.37. The molecule has 4 heteroatoms. The molecule has 1 fully saturated rings. The highest BCUT2D eigenvalue weighted by Gasteiger charge is 2.21. The van der Waals surface area contributed by atoms with Crippen LogP contribution in [0.2, 0.25) is 5.02 Å². The zero-order valence-corrected chi connectivity index (χ0v) is 15.6. The molecule has 2 aromatic carbocycles. The average molecular weight is 359 g/mol. The van der Waals surface area contributed by atoms with E-state index in [2.05, 4.69) is 29.3 Å². The molecular formula is C21H27ClN2O. The summed E-state index contributed by atoms with van der Waals surface area (Å²) in [4.78, 5) is 2.57. The van der Waals surface area contributed by atoms with E-state index >= 15 is 0 Å². The molecule has 1 heterocycles. The number of likely N-dealkylation sites (tertiary alicyclic amines) is 1. The van der Waals surface area contributed by atoms with Crippen LogP contribution in [0.15, 0.2) is 48.5 Å². The summed E-state index contributed by atoms with van der Waals surface area (Å²) in [6.45, 7) is 7.20. The molecule has 2 aromatic rings. The van der Waals surface area contributed by atoms with Crippen LogP contribution in [-0.2, 0) is 13.2 Å². The smallest absolute Gasteiger partial charge is 0.119 e. The van der Waals surface area contributed by atoms with Gasteiger partial charge in [-0.05, 0) is 61.3 Å². The second-order valence-corrected chi connectivity index (χ2v) is 7.05.